The lowest BCUT2D eigenvalue weighted by molar-refractivity contribution is -0.116. The number of hydrogen-bond donors (Lipinski definition) is 0. The molecule has 0 fully saturated rings. The molecule has 0 saturated carbocycles. The van der Waals surface area contributed by atoms with Crippen LogP contribution in [0.25, 0.3) is 0 Å². The average molecular weight is 389 g/mol. The summed E-state index contributed by atoms with van der Waals surface area (Å²) in [5, 5.41) is 0. The Morgan fingerprint density at radius 1 is 1.11 bits per heavy atom. The smallest absolute Gasteiger partial charge is 0.261 e. The SMILES string of the molecule is CC(=O)N1CC(CCN2C(=O)c3ccccc3C2=O)c2c(F)nc(F)c(F)c21. The summed E-state index contributed by atoms with van der Waals surface area (Å²) < 4.78 is 42.0. The van der Waals surface area contributed by atoms with Crippen LogP contribution < -0.4 is 4.90 Å². The van der Waals surface area contributed by atoms with Crippen LogP contribution in [0.5, 0.6) is 0 Å². The largest absolute Gasteiger partial charge is 0.309 e. The zero-order valence-corrected chi connectivity index (χ0v) is 14.7. The Balaban J connectivity index is 1.61. The van der Waals surface area contributed by atoms with Gasteiger partial charge in [-0.15, -0.1) is 0 Å². The Morgan fingerprint density at radius 3 is 2.29 bits per heavy atom. The standard InChI is InChI=1S/C19H14F3N3O3/c1-9(26)25-8-10(13-15(25)14(20)17(22)23-16(13)21)6-7-24-18(27)11-4-2-3-5-12(11)19(24)28/h2-5,10H,6-8H2,1H3. The summed E-state index contributed by atoms with van der Waals surface area (Å²) in [7, 11) is 0. The fourth-order valence-corrected chi connectivity index (χ4v) is 3.79. The first kappa shape index (κ1) is 18.1. The highest BCUT2D eigenvalue weighted by Crippen LogP contribution is 2.42. The summed E-state index contributed by atoms with van der Waals surface area (Å²) in [5.74, 6) is -6.46. The molecule has 144 valence electrons. The van der Waals surface area contributed by atoms with Gasteiger partial charge in [-0.05, 0) is 18.6 Å². The molecule has 1 aromatic carbocycles. The Morgan fingerprint density at radius 2 is 1.71 bits per heavy atom. The van der Waals surface area contributed by atoms with Crippen LogP contribution in [0, 0.1) is 17.7 Å². The zero-order chi connectivity index (χ0) is 20.2. The van der Waals surface area contributed by atoms with Crippen molar-refractivity contribution in [2.45, 2.75) is 19.3 Å². The van der Waals surface area contributed by atoms with Gasteiger partial charge < -0.3 is 4.90 Å². The first-order valence-electron chi connectivity index (χ1n) is 8.59. The lowest BCUT2D eigenvalue weighted by atomic mass is 9.98. The van der Waals surface area contributed by atoms with Gasteiger partial charge in [-0.2, -0.15) is 18.2 Å². The molecule has 0 saturated heterocycles. The van der Waals surface area contributed by atoms with Crippen molar-refractivity contribution >= 4 is 23.4 Å². The molecule has 2 aliphatic heterocycles. The molecule has 28 heavy (non-hydrogen) atoms. The van der Waals surface area contributed by atoms with Crippen LogP contribution in [0.2, 0.25) is 0 Å². The number of nitrogens with zero attached hydrogens (tertiary/aromatic N) is 3. The molecule has 0 aliphatic carbocycles. The highest BCUT2D eigenvalue weighted by atomic mass is 19.2. The molecule has 1 aromatic heterocycles. The summed E-state index contributed by atoms with van der Waals surface area (Å²) in [6.45, 7) is 1.01. The molecule has 0 N–H and O–H groups in total. The highest BCUT2D eigenvalue weighted by molar-refractivity contribution is 6.21. The predicted octanol–water partition coefficient (Wildman–Crippen LogP) is 2.64. The number of pyridine rings is 1. The third kappa shape index (κ3) is 2.57. The lowest BCUT2D eigenvalue weighted by Gasteiger charge is -2.18. The number of fused-ring (bicyclic) bond motifs is 2. The van der Waals surface area contributed by atoms with Gasteiger partial charge in [0.05, 0.1) is 16.8 Å². The Kier molecular flexibility index (Phi) is 4.17. The first-order valence-corrected chi connectivity index (χ1v) is 8.59. The number of halogens is 3. The highest BCUT2D eigenvalue weighted by Gasteiger charge is 2.40. The lowest BCUT2D eigenvalue weighted by Crippen LogP contribution is -2.33. The van der Waals surface area contributed by atoms with Gasteiger partial charge in [0.15, 0.2) is 0 Å². The summed E-state index contributed by atoms with van der Waals surface area (Å²) in [4.78, 5) is 41.6. The minimum absolute atomic E-state index is 0.0549. The van der Waals surface area contributed by atoms with Crippen LogP contribution in [0.1, 0.15) is 45.5 Å². The quantitative estimate of drug-likeness (QED) is 0.598. The van der Waals surface area contributed by atoms with Gasteiger partial charge in [0.25, 0.3) is 17.8 Å². The molecule has 3 amide bonds. The second-order valence-electron chi connectivity index (χ2n) is 6.69. The van der Waals surface area contributed by atoms with Crippen molar-refractivity contribution in [2.75, 3.05) is 18.0 Å². The Bertz CT molecular complexity index is 1010. The predicted molar refractivity (Wildman–Crippen MR) is 91.3 cm³/mol. The minimum Gasteiger partial charge on any atom is -0.309 e. The fraction of sp³-hybridized carbons (Fsp3) is 0.263. The van der Waals surface area contributed by atoms with E-state index in [1.54, 1.807) is 24.3 Å². The van der Waals surface area contributed by atoms with E-state index in [0.29, 0.717) is 0 Å². The van der Waals surface area contributed by atoms with Crippen molar-refractivity contribution in [2.24, 2.45) is 0 Å². The third-order valence-electron chi connectivity index (χ3n) is 5.10. The number of aromatic nitrogens is 1. The monoisotopic (exact) mass is 389 g/mol. The number of amides is 3. The van der Waals surface area contributed by atoms with E-state index in [4.69, 9.17) is 0 Å². The third-order valence-corrected chi connectivity index (χ3v) is 5.10. The van der Waals surface area contributed by atoms with Crippen LogP contribution in [0.4, 0.5) is 18.9 Å². The van der Waals surface area contributed by atoms with Gasteiger partial charge in [-0.1, -0.05) is 12.1 Å². The van der Waals surface area contributed by atoms with Crippen molar-refractivity contribution in [3.05, 3.63) is 58.7 Å². The van der Waals surface area contributed by atoms with E-state index in [1.165, 1.54) is 0 Å². The fourth-order valence-electron chi connectivity index (χ4n) is 3.79. The molecule has 0 radical (unpaired) electrons. The van der Waals surface area contributed by atoms with E-state index in [9.17, 15) is 27.6 Å². The van der Waals surface area contributed by atoms with Crippen LogP contribution in [0.15, 0.2) is 24.3 Å². The molecule has 3 heterocycles. The average Bonchev–Trinajstić information content (AvgIpc) is 3.16. The maximum Gasteiger partial charge on any atom is 0.261 e. The topological polar surface area (TPSA) is 70.6 Å². The molecule has 0 bridgehead atoms. The van der Waals surface area contributed by atoms with E-state index < -0.39 is 47.0 Å². The molecular weight excluding hydrogens is 375 g/mol. The minimum atomic E-state index is -1.62. The first-order chi connectivity index (χ1) is 13.3. The summed E-state index contributed by atoms with van der Waals surface area (Å²) in [6, 6.07) is 6.37. The summed E-state index contributed by atoms with van der Waals surface area (Å²) >= 11 is 0. The van der Waals surface area contributed by atoms with E-state index in [2.05, 4.69) is 4.98 Å². The van der Waals surface area contributed by atoms with E-state index in [1.807, 2.05) is 0 Å². The van der Waals surface area contributed by atoms with Crippen LogP contribution >= 0.6 is 0 Å². The van der Waals surface area contributed by atoms with Crippen LogP contribution in [-0.4, -0.2) is 40.7 Å². The second-order valence-corrected chi connectivity index (χ2v) is 6.69. The van der Waals surface area contributed by atoms with Gasteiger partial charge in [0, 0.05) is 31.5 Å². The Labute approximate surface area is 157 Å². The number of anilines is 1. The van der Waals surface area contributed by atoms with Crippen molar-refractivity contribution < 1.29 is 27.6 Å². The second kappa shape index (κ2) is 6.43. The number of hydrogen-bond acceptors (Lipinski definition) is 4. The van der Waals surface area contributed by atoms with E-state index >= 15 is 0 Å². The van der Waals surface area contributed by atoms with Gasteiger partial charge in [-0.25, -0.2) is 0 Å². The van der Waals surface area contributed by atoms with Crippen LogP contribution in [-0.2, 0) is 4.79 Å². The number of benzene rings is 1. The van der Waals surface area contributed by atoms with Crippen molar-refractivity contribution in [3.8, 4) is 0 Å². The maximum atomic E-state index is 14.3. The van der Waals surface area contributed by atoms with E-state index in [-0.39, 0.29) is 36.2 Å². The van der Waals surface area contributed by atoms with Crippen molar-refractivity contribution in [1.82, 2.24) is 9.88 Å². The number of carbonyl (C=O) groups excluding carboxylic acids is 3. The molecule has 0 spiro atoms. The molecular formula is C19H14F3N3O3. The zero-order valence-electron chi connectivity index (χ0n) is 14.7. The van der Waals surface area contributed by atoms with Crippen LogP contribution in [0.3, 0.4) is 0 Å². The van der Waals surface area contributed by atoms with Crippen molar-refractivity contribution in [1.29, 1.82) is 0 Å². The van der Waals surface area contributed by atoms with Gasteiger partial charge in [0.1, 0.15) is 0 Å². The number of imide groups is 1. The number of carbonyl (C=O) groups is 3. The number of rotatable bonds is 3. The molecule has 9 heteroatoms. The molecule has 4 rings (SSSR count). The molecule has 1 unspecified atom stereocenters. The molecule has 6 nitrogen and oxygen atoms in total. The van der Waals surface area contributed by atoms with Crippen molar-refractivity contribution in [3.63, 3.8) is 0 Å². The van der Waals surface area contributed by atoms with Gasteiger partial charge in [0.2, 0.25) is 17.7 Å². The molecule has 2 aromatic rings. The maximum absolute atomic E-state index is 14.3. The summed E-state index contributed by atoms with van der Waals surface area (Å²) in [5.41, 5.74) is -0.119. The Hall–Kier alpha value is -3.23. The normalized spacial score (nSPS) is 17.9. The van der Waals surface area contributed by atoms with E-state index in [0.717, 1.165) is 16.7 Å². The van der Waals surface area contributed by atoms with Gasteiger partial charge >= 0.3 is 0 Å². The summed E-state index contributed by atoms with van der Waals surface area (Å²) in [6.07, 6.45) is 0.0753. The van der Waals surface area contributed by atoms with Gasteiger partial charge in [-0.3, -0.25) is 19.3 Å². The molecule has 2 aliphatic rings. The molecule has 1 atom stereocenters.